The van der Waals surface area contributed by atoms with E-state index in [1.54, 1.807) is 0 Å². The van der Waals surface area contributed by atoms with Gasteiger partial charge >= 0.3 is 162 Å². The Bertz CT molecular complexity index is 408. The molecule has 0 rings (SSSR count). The normalized spacial score (nSPS) is 14.3. The predicted molar refractivity (Wildman–Crippen MR) is 40.4 cm³/mol. The summed E-state index contributed by atoms with van der Waals surface area (Å²) in [6.45, 7) is 0. The Morgan fingerprint density at radius 1 is 1.05 bits per heavy atom. The van der Waals surface area contributed by atoms with Crippen LogP contribution in [0.25, 0.3) is 0 Å². The summed E-state index contributed by atoms with van der Waals surface area (Å²) >= 11 is 0. The molecule has 0 aromatic heterocycles. The van der Waals surface area contributed by atoms with Crippen LogP contribution in [0.4, 0.5) is 0 Å². The average Bonchev–Trinajstić information content (AvgIpc) is 1.96. The van der Waals surface area contributed by atoms with E-state index in [4.69, 9.17) is 9.79 Å². The van der Waals surface area contributed by atoms with Crippen molar-refractivity contribution in [3.05, 3.63) is 0 Å². The van der Waals surface area contributed by atoms with E-state index in [0.717, 1.165) is 0 Å². The van der Waals surface area contributed by atoms with Gasteiger partial charge in [0.05, 0.1) is 11.9 Å². The van der Waals surface area contributed by atoms with Crippen LogP contribution in [0.1, 0.15) is 6.42 Å². The minimum atomic E-state index is -5.69. The van der Waals surface area contributed by atoms with Crippen molar-refractivity contribution in [2.45, 2.75) is 17.7 Å². The first-order chi connectivity index (χ1) is 7.43. The maximum atomic E-state index is 10.7. The Morgan fingerprint density at radius 3 is 1.55 bits per heavy atom. The number of carbonyl (C=O) groups excluding carboxylic acids is 3. The van der Waals surface area contributed by atoms with Gasteiger partial charge in [-0.15, -0.1) is 0 Å². The fourth-order valence-corrected chi connectivity index (χ4v) is 2.14. The van der Waals surface area contributed by atoms with Gasteiger partial charge in [-0.1, -0.05) is 0 Å². The summed E-state index contributed by atoms with van der Waals surface area (Å²) in [6, 6.07) is 0. The summed E-state index contributed by atoms with van der Waals surface area (Å²) in [7, 11) is -5.69. The average molecular weight is 386 g/mol. The van der Waals surface area contributed by atoms with Crippen molar-refractivity contribution in [3.8, 4) is 0 Å². The number of carboxylic acids is 3. The molecule has 0 aromatic rings. The third-order valence-electron chi connectivity index (χ3n) is 1.78. The van der Waals surface area contributed by atoms with E-state index in [-0.39, 0.29) is 154 Å². The first-order valence-corrected chi connectivity index (χ1v) is 5.51. The van der Waals surface area contributed by atoms with Crippen LogP contribution < -0.4 is 169 Å². The molecule has 20 heavy (non-hydrogen) atoms. The Kier molecular flexibility index (Phi) is 19.9. The third-order valence-corrected chi connectivity index (χ3v) is 3.09. The number of hydrogen-bond donors (Lipinski definition) is 3. The zero-order valence-corrected chi connectivity index (χ0v) is 21.2. The summed E-state index contributed by atoms with van der Waals surface area (Å²) < 4.78 is 10.7. The van der Waals surface area contributed by atoms with Gasteiger partial charge in [0.15, 0.2) is 0 Å². The van der Waals surface area contributed by atoms with E-state index >= 15 is 0 Å². The molecule has 0 radical (unpaired) electrons. The molecule has 2 atom stereocenters. The van der Waals surface area contributed by atoms with Crippen molar-refractivity contribution >= 4 is 25.5 Å². The molecule has 0 aliphatic carbocycles. The number of hydrogen-bond acceptors (Lipinski definition) is 8. The second kappa shape index (κ2) is 12.7. The summed E-state index contributed by atoms with van der Waals surface area (Å²) in [5.41, 5.74) is -7.12. The maximum absolute atomic E-state index is 10.7. The van der Waals surface area contributed by atoms with E-state index < -0.39 is 43.2 Å². The standard InChI is InChI=1S/C6H9O10P.3K/c7-2(8)1-6(13,5(11)12)3(4(9)10)17(14,15)16;;;/h3,13H,1H2,(H,7,8)(H,9,10)(H,11,12)(H2,14,15,16);;;/q;3*+1/p-3. The molecule has 0 amide bonds. The van der Waals surface area contributed by atoms with Gasteiger partial charge in [0.2, 0.25) is 0 Å². The molecule has 0 saturated carbocycles. The molecule has 0 spiro atoms. The van der Waals surface area contributed by atoms with Crippen molar-refractivity contribution < 1.29 is 203 Å². The van der Waals surface area contributed by atoms with Crippen LogP contribution in [-0.4, -0.2) is 44.1 Å². The van der Waals surface area contributed by atoms with Gasteiger partial charge in [0.25, 0.3) is 0 Å². The molecule has 0 saturated heterocycles. The second-order valence-electron chi connectivity index (χ2n) is 3.07. The summed E-state index contributed by atoms with van der Waals surface area (Å²) in [6.07, 6.45) is -1.88. The van der Waals surface area contributed by atoms with E-state index in [0.29, 0.717) is 0 Å². The SMILES string of the molecule is O=C([O-])CC(O)(C(=O)[O-])C(C(=O)[O-])P(=O)(O)O.[K+].[K+].[K+]. The molecule has 0 fully saturated rings. The van der Waals surface area contributed by atoms with Crippen LogP contribution in [0, 0.1) is 0 Å². The van der Waals surface area contributed by atoms with Crippen LogP contribution in [0.3, 0.4) is 0 Å². The van der Waals surface area contributed by atoms with Crippen LogP contribution in [0.2, 0.25) is 0 Å². The van der Waals surface area contributed by atoms with E-state index in [9.17, 15) is 39.4 Å². The molecule has 0 aliphatic heterocycles. The minimum Gasteiger partial charge on any atom is -0.550 e. The first kappa shape index (κ1) is 31.2. The van der Waals surface area contributed by atoms with Crippen molar-refractivity contribution in [1.82, 2.24) is 0 Å². The molecule has 0 bridgehead atoms. The van der Waals surface area contributed by atoms with Crippen molar-refractivity contribution in [2.24, 2.45) is 0 Å². The van der Waals surface area contributed by atoms with Gasteiger partial charge < -0.3 is 44.6 Å². The first-order valence-electron chi connectivity index (χ1n) is 3.82. The van der Waals surface area contributed by atoms with E-state index in [2.05, 4.69) is 0 Å². The quantitative estimate of drug-likeness (QED) is 0.291. The van der Waals surface area contributed by atoms with Crippen LogP contribution in [0.5, 0.6) is 0 Å². The summed E-state index contributed by atoms with van der Waals surface area (Å²) in [4.78, 5) is 48.2. The number of carbonyl (C=O) groups is 3. The van der Waals surface area contributed by atoms with Crippen molar-refractivity contribution in [3.63, 3.8) is 0 Å². The molecule has 14 heteroatoms. The minimum absolute atomic E-state index is 0. The predicted octanol–water partition coefficient (Wildman–Crippen LogP) is -15.1. The molecular weight excluding hydrogens is 380 g/mol. The Balaban J connectivity index is -0.000000427. The molecule has 0 aliphatic rings. The zero-order chi connectivity index (χ0) is 14.0. The van der Waals surface area contributed by atoms with Crippen molar-refractivity contribution in [1.29, 1.82) is 0 Å². The number of carboxylic acid groups (broad SMARTS) is 3. The van der Waals surface area contributed by atoms with Gasteiger partial charge in [-0.25, -0.2) is 0 Å². The van der Waals surface area contributed by atoms with Crippen LogP contribution >= 0.6 is 7.60 Å². The second-order valence-corrected chi connectivity index (χ2v) is 4.77. The zero-order valence-electron chi connectivity index (χ0n) is 10.9. The third kappa shape index (κ3) is 9.66. The van der Waals surface area contributed by atoms with Gasteiger partial charge in [-0.05, 0) is 0 Å². The molecular formula is C6H6K3O10P. The Hall–Kier alpha value is 3.43. The fourth-order valence-electron chi connectivity index (χ4n) is 1.11. The molecule has 98 valence electrons. The monoisotopic (exact) mass is 386 g/mol. The maximum Gasteiger partial charge on any atom is 1.00 e. The molecule has 2 unspecified atom stereocenters. The number of aliphatic hydroxyl groups is 1. The molecule has 3 N–H and O–H groups in total. The smallest absolute Gasteiger partial charge is 0.550 e. The summed E-state index contributed by atoms with van der Waals surface area (Å²) in [5, 5.41) is 40.2. The van der Waals surface area contributed by atoms with E-state index in [1.807, 2.05) is 0 Å². The van der Waals surface area contributed by atoms with Gasteiger partial charge in [-0.2, -0.15) is 0 Å². The number of aliphatic carboxylic acids is 3. The summed E-state index contributed by atoms with van der Waals surface area (Å²) in [5.74, 6) is -7.55. The van der Waals surface area contributed by atoms with Crippen LogP contribution in [-0.2, 0) is 18.9 Å². The Labute approximate surface area is 240 Å². The van der Waals surface area contributed by atoms with Gasteiger partial charge in [0.1, 0.15) is 11.3 Å². The van der Waals surface area contributed by atoms with Crippen molar-refractivity contribution in [2.75, 3.05) is 0 Å². The fraction of sp³-hybridized carbons (Fsp3) is 0.500. The van der Waals surface area contributed by atoms with Gasteiger partial charge in [0, 0.05) is 12.4 Å². The molecule has 0 heterocycles. The molecule has 0 aromatic carbocycles. The van der Waals surface area contributed by atoms with E-state index in [1.165, 1.54) is 0 Å². The van der Waals surface area contributed by atoms with Gasteiger partial charge in [-0.3, -0.25) is 4.57 Å². The largest absolute Gasteiger partial charge is 1.00 e. The Morgan fingerprint density at radius 2 is 1.40 bits per heavy atom. The topological polar surface area (TPSA) is 198 Å². The van der Waals surface area contributed by atoms with Crippen LogP contribution in [0.15, 0.2) is 0 Å². The number of rotatable bonds is 6. The molecule has 10 nitrogen and oxygen atoms in total.